The van der Waals surface area contributed by atoms with E-state index in [0.717, 1.165) is 30.8 Å². The highest BCUT2D eigenvalue weighted by atomic mass is 16.3. The van der Waals surface area contributed by atoms with Crippen molar-refractivity contribution in [2.75, 3.05) is 47.3 Å². The zero-order chi connectivity index (χ0) is 15.9. The Morgan fingerprint density at radius 1 is 1.45 bits per heavy atom. The molecule has 2 N–H and O–H groups in total. The fourth-order valence-electron chi connectivity index (χ4n) is 3.50. The van der Waals surface area contributed by atoms with Gasteiger partial charge < -0.3 is 19.8 Å². The molecule has 0 unspecified atom stereocenters. The van der Waals surface area contributed by atoms with Crippen LogP contribution >= 0.6 is 0 Å². The Kier molecular flexibility index (Phi) is 3.96. The van der Waals surface area contributed by atoms with Crippen LogP contribution < -0.4 is 0 Å². The third kappa shape index (κ3) is 2.88. The molecule has 0 aromatic carbocycles. The maximum atomic E-state index is 12.8. The molecule has 1 saturated heterocycles. The highest BCUT2D eigenvalue weighted by Crippen LogP contribution is 2.26. The van der Waals surface area contributed by atoms with Crippen LogP contribution in [0.25, 0.3) is 0 Å². The minimum absolute atomic E-state index is 0.0671. The smallest absolute Gasteiger partial charge is 0.274 e. The fraction of sp³-hybridized carbons (Fsp3) is 0.733. The van der Waals surface area contributed by atoms with Crippen molar-refractivity contribution in [3.05, 3.63) is 17.0 Å². The number of amides is 1. The van der Waals surface area contributed by atoms with Crippen molar-refractivity contribution in [2.45, 2.75) is 25.0 Å². The average Bonchev–Trinajstić information content (AvgIpc) is 3.01. The van der Waals surface area contributed by atoms with Crippen LogP contribution in [0.1, 0.15) is 28.2 Å². The lowest BCUT2D eigenvalue weighted by atomic mass is 10.0. The molecule has 2 aliphatic heterocycles. The van der Waals surface area contributed by atoms with Crippen molar-refractivity contribution >= 4 is 5.91 Å². The van der Waals surface area contributed by atoms with Gasteiger partial charge in [0.1, 0.15) is 0 Å². The molecule has 0 bridgehead atoms. The Bertz CT molecular complexity index is 570. The standard InChI is InChI=1S/C15H25N5O2/c1-18(2)9-15(22)5-7-20(10-15)14(21)13-11-8-19(3)6-4-12(11)16-17-13/h22H,4-10H2,1-3H3,(H,16,17)/t15-/m0/s1. The summed E-state index contributed by atoms with van der Waals surface area (Å²) in [6, 6.07) is 0. The SMILES string of the molecule is CN(C)C[C@@]1(O)CCN(C(=O)c2n[nH]c3c2CN(C)CC3)C1. The number of likely N-dealkylation sites (N-methyl/N-ethyl adjacent to an activating group) is 2. The third-order valence-corrected chi connectivity index (χ3v) is 4.56. The lowest BCUT2D eigenvalue weighted by Crippen LogP contribution is -2.43. The van der Waals surface area contributed by atoms with E-state index in [1.807, 2.05) is 19.0 Å². The number of aromatic nitrogens is 2. The molecule has 2 aliphatic rings. The number of aliphatic hydroxyl groups is 1. The molecule has 0 spiro atoms. The minimum Gasteiger partial charge on any atom is -0.387 e. The molecular formula is C15H25N5O2. The molecule has 1 aromatic heterocycles. The number of carbonyl (C=O) groups is 1. The molecule has 1 atom stereocenters. The number of rotatable bonds is 3. The molecule has 1 amide bonds. The number of hydrogen-bond acceptors (Lipinski definition) is 5. The maximum Gasteiger partial charge on any atom is 0.274 e. The highest BCUT2D eigenvalue weighted by molar-refractivity contribution is 5.94. The molecule has 3 rings (SSSR count). The van der Waals surface area contributed by atoms with E-state index in [4.69, 9.17) is 0 Å². The van der Waals surface area contributed by atoms with E-state index in [2.05, 4.69) is 22.1 Å². The highest BCUT2D eigenvalue weighted by Gasteiger charge is 2.40. The number of aromatic amines is 1. The van der Waals surface area contributed by atoms with Gasteiger partial charge >= 0.3 is 0 Å². The maximum absolute atomic E-state index is 12.8. The number of nitrogens with one attached hydrogen (secondary N) is 1. The van der Waals surface area contributed by atoms with E-state index in [9.17, 15) is 9.90 Å². The number of carbonyl (C=O) groups excluding carboxylic acids is 1. The summed E-state index contributed by atoms with van der Waals surface area (Å²) < 4.78 is 0. The van der Waals surface area contributed by atoms with Crippen molar-refractivity contribution in [2.24, 2.45) is 0 Å². The molecule has 1 aromatic rings. The molecular weight excluding hydrogens is 282 g/mol. The third-order valence-electron chi connectivity index (χ3n) is 4.56. The van der Waals surface area contributed by atoms with Crippen LogP contribution in [-0.4, -0.2) is 88.8 Å². The van der Waals surface area contributed by atoms with Crippen molar-refractivity contribution < 1.29 is 9.90 Å². The van der Waals surface area contributed by atoms with Crippen LogP contribution in [0.2, 0.25) is 0 Å². The number of hydrogen-bond donors (Lipinski definition) is 2. The molecule has 7 nitrogen and oxygen atoms in total. The molecule has 22 heavy (non-hydrogen) atoms. The second-order valence-corrected chi connectivity index (χ2v) is 6.96. The van der Waals surface area contributed by atoms with Gasteiger partial charge in [-0.25, -0.2) is 0 Å². The first-order valence-corrected chi connectivity index (χ1v) is 7.79. The Balaban J connectivity index is 1.75. The Morgan fingerprint density at radius 3 is 2.95 bits per heavy atom. The van der Waals surface area contributed by atoms with E-state index < -0.39 is 5.60 Å². The van der Waals surface area contributed by atoms with E-state index in [0.29, 0.717) is 31.7 Å². The topological polar surface area (TPSA) is 75.7 Å². The van der Waals surface area contributed by atoms with Crippen LogP contribution in [0.15, 0.2) is 0 Å². The average molecular weight is 307 g/mol. The summed E-state index contributed by atoms with van der Waals surface area (Å²) >= 11 is 0. The van der Waals surface area contributed by atoms with Gasteiger partial charge in [0.05, 0.1) is 12.1 Å². The Hall–Kier alpha value is -1.44. The molecule has 0 saturated carbocycles. The molecule has 1 fully saturated rings. The predicted molar refractivity (Wildman–Crippen MR) is 82.7 cm³/mol. The van der Waals surface area contributed by atoms with Crippen LogP contribution in [0.3, 0.4) is 0 Å². The number of H-pyrrole nitrogens is 1. The summed E-state index contributed by atoms with van der Waals surface area (Å²) in [5.74, 6) is -0.0671. The molecule has 0 radical (unpaired) electrons. The molecule has 3 heterocycles. The number of fused-ring (bicyclic) bond motifs is 1. The summed E-state index contributed by atoms with van der Waals surface area (Å²) in [6.07, 6.45) is 1.51. The lowest BCUT2D eigenvalue weighted by molar-refractivity contribution is 0.0235. The van der Waals surface area contributed by atoms with Crippen molar-refractivity contribution in [1.29, 1.82) is 0 Å². The molecule has 7 heteroatoms. The van der Waals surface area contributed by atoms with Gasteiger partial charge in [0.25, 0.3) is 5.91 Å². The van der Waals surface area contributed by atoms with Gasteiger partial charge in [-0.3, -0.25) is 9.89 Å². The lowest BCUT2D eigenvalue weighted by Gasteiger charge is -2.27. The van der Waals surface area contributed by atoms with Crippen molar-refractivity contribution in [3.8, 4) is 0 Å². The summed E-state index contributed by atoms with van der Waals surface area (Å²) in [7, 11) is 5.92. The number of β-amino-alcohol motifs (C(OH)–C–C–N with tert-alkyl or cyclic N) is 1. The fourth-order valence-corrected chi connectivity index (χ4v) is 3.50. The summed E-state index contributed by atoms with van der Waals surface area (Å²) in [4.78, 5) is 18.6. The van der Waals surface area contributed by atoms with Crippen molar-refractivity contribution in [1.82, 2.24) is 24.9 Å². The zero-order valence-electron chi connectivity index (χ0n) is 13.6. The van der Waals surface area contributed by atoms with Gasteiger partial charge in [-0.2, -0.15) is 5.10 Å². The van der Waals surface area contributed by atoms with Crippen LogP contribution in [0.4, 0.5) is 0 Å². The van der Waals surface area contributed by atoms with Crippen LogP contribution in [0.5, 0.6) is 0 Å². The first-order valence-electron chi connectivity index (χ1n) is 7.79. The molecule has 0 aliphatic carbocycles. The quantitative estimate of drug-likeness (QED) is 0.790. The van der Waals surface area contributed by atoms with Crippen LogP contribution in [-0.2, 0) is 13.0 Å². The largest absolute Gasteiger partial charge is 0.387 e. The normalized spacial score (nSPS) is 25.8. The number of likely N-dealkylation sites (tertiary alicyclic amines) is 1. The monoisotopic (exact) mass is 307 g/mol. The van der Waals surface area contributed by atoms with Gasteiger partial charge in [0.15, 0.2) is 5.69 Å². The van der Waals surface area contributed by atoms with Gasteiger partial charge in [-0.1, -0.05) is 0 Å². The predicted octanol–water partition coefficient (Wildman–Crippen LogP) is -0.464. The summed E-state index contributed by atoms with van der Waals surface area (Å²) in [6.45, 7) is 3.26. The second-order valence-electron chi connectivity index (χ2n) is 6.96. The summed E-state index contributed by atoms with van der Waals surface area (Å²) in [5.41, 5.74) is 1.80. The second kappa shape index (κ2) is 5.64. The van der Waals surface area contributed by atoms with Gasteiger partial charge in [0.2, 0.25) is 0 Å². The van der Waals surface area contributed by atoms with Gasteiger partial charge in [0, 0.05) is 43.9 Å². The number of nitrogens with zero attached hydrogens (tertiary/aromatic N) is 4. The van der Waals surface area contributed by atoms with Gasteiger partial charge in [-0.05, 0) is 27.6 Å². The van der Waals surface area contributed by atoms with Crippen LogP contribution in [0, 0.1) is 0 Å². The molecule has 122 valence electrons. The van der Waals surface area contributed by atoms with E-state index >= 15 is 0 Å². The minimum atomic E-state index is -0.813. The summed E-state index contributed by atoms with van der Waals surface area (Å²) in [5, 5.41) is 17.8. The van der Waals surface area contributed by atoms with E-state index in [1.165, 1.54) is 0 Å². The Labute approximate surface area is 130 Å². The zero-order valence-corrected chi connectivity index (χ0v) is 13.6. The van der Waals surface area contributed by atoms with E-state index in [1.54, 1.807) is 4.90 Å². The Morgan fingerprint density at radius 2 is 2.23 bits per heavy atom. The first-order chi connectivity index (χ1) is 10.4. The first kappa shape index (κ1) is 15.5. The van der Waals surface area contributed by atoms with Gasteiger partial charge in [-0.15, -0.1) is 0 Å². The van der Waals surface area contributed by atoms with Crippen molar-refractivity contribution in [3.63, 3.8) is 0 Å². The van der Waals surface area contributed by atoms with E-state index in [-0.39, 0.29) is 5.91 Å².